The topological polar surface area (TPSA) is 91.3 Å². The van der Waals surface area contributed by atoms with Gasteiger partial charge in [-0.1, -0.05) is 54.6 Å². The molecule has 0 aromatic heterocycles. The van der Waals surface area contributed by atoms with Gasteiger partial charge in [-0.15, -0.1) is 0 Å². The Morgan fingerprint density at radius 2 is 1.76 bits per heavy atom. The summed E-state index contributed by atoms with van der Waals surface area (Å²) in [6.45, 7) is 1.83. The zero-order chi connectivity index (χ0) is 25.6. The van der Waals surface area contributed by atoms with Gasteiger partial charge in [0.25, 0.3) is 5.91 Å². The molecule has 2 saturated heterocycles. The molecule has 5 rings (SSSR count). The molecule has 0 saturated carbocycles. The van der Waals surface area contributed by atoms with Gasteiger partial charge in [0.15, 0.2) is 6.29 Å². The minimum atomic E-state index is -0.606. The fourth-order valence-corrected chi connectivity index (χ4v) is 5.19. The van der Waals surface area contributed by atoms with Crippen molar-refractivity contribution < 1.29 is 24.5 Å². The Labute approximate surface area is 217 Å². The molecule has 2 aliphatic rings. The van der Waals surface area contributed by atoms with Crippen molar-refractivity contribution in [1.82, 2.24) is 4.90 Å². The number of carbonyl (C=O) groups excluding carboxylic acids is 1. The summed E-state index contributed by atoms with van der Waals surface area (Å²) >= 11 is 0. The minimum absolute atomic E-state index is 0.000826. The number of rotatable bonds is 8. The Kier molecular flexibility index (Phi) is 8.28. The lowest BCUT2D eigenvalue weighted by atomic mass is 9.99. The molecule has 2 aliphatic heterocycles. The third kappa shape index (κ3) is 6.26. The van der Waals surface area contributed by atoms with E-state index in [2.05, 4.69) is 10.2 Å². The second-order valence-corrected chi connectivity index (χ2v) is 9.77. The van der Waals surface area contributed by atoms with Gasteiger partial charge in [0.05, 0.1) is 25.4 Å². The van der Waals surface area contributed by atoms with Crippen molar-refractivity contribution in [2.75, 3.05) is 25.0 Å². The van der Waals surface area contributed by atoms with Crippen LogP contribution >= 0.6 is 0 Å². The quantitative estimate of drug-likeness (QED) is 0.422. The number of amides is 1. The number of aliphatic hydroxyl groups is 2. The third-order valence-electron chi connectivity index (χ3n) is 7.22. The highest BCUT2D eigenvalue weighted by molar-refractivity contribution is 6.04. The maximum absolute atomic E-state index is 12.7. The molecule has 3 aromatic rings. The van der Waals surface area contributed by atoms with E-state index in [1.54, 1.807) is 12.1 Å². The Balaban J connectivity index is 1.36. The van der Waals surface area contributed by atoms with E-state index >= 15 is 0 Å². The summed E-state index contributed by atoms with van der Waals surface area (Å²) in [5.74, 6) is -0.174. The second kappa shape index (κ2) is 12.0. The maximum Gasteiger partial charge on any atom is 0.255 e. The number of anilines is 1. The fraction of sp³-hybridized carbons (Fsp3) is 0.367. The summed E-state index contributed by atoms with van der Waals surface area (Å²) in [4.78, 5) is 15.0. The van der Waals surface area contributed by atoms with E-state index in [-0.39, 0.29) is 37.4 Å². The van der Waals surface area contributed by atoms with Crippen molar-refractivity contribution in [2.24, 2.45) is 0 Å². The van der Waals surface area contributed by atoms with Gasteiger partial charge in [0, 0.05) is 35.8 Å². The molecule has 1 amide bonds. The van der Waals surface area contributed by atoms with Crippen LogP contribution in [-0.2, 0) is 16.1 Å². The van der Waals surface area contributed by atoms with E-state index < -0.39 is 6.29 Å². The summed E-state index contributed by atoms with van der Waals surface area (Å²) < 4.78 is 12.9. The molecule has 0 bridgehead atoms. The maximum atomic E-state index is 12.7. The molecular formula is C30H34N2O5. The average Bonchev–Trinajstić information content (AvgIpc) is 3.40. The zero-order valence-electron chi connectivity index (χ0n) is 20.8. The fourth-order valence-electron chi connectivity index (χ4n) is 5.19. The van der Waals surface area contributed by atoms with Crippen molar-refractivity contribution in [2.45, 2.75) is 50.4 Å². The van der Waals surface area contributed by atoms with E-state index in [1.807, 2.05) is 66.7 Å². The number of likely N-dealkylation sites (tertiary alicyclic amines) is 1. The van der Waals surface area contributed by atoms with Crippen molar-refractivity contribution in [3.05, 3.63) is 101 Å². The lowest BCUT2D eigenvalue weighted by Crippen LogP contribution is -2.42. The Morgan fingerprint density at radius 3 is 2.51 bits per heavy atom. The van der Waals surface area contributed by atoms with Crippen molar-refractivity contribution in [1.29, 1.82) is 0 Å². The highest BCUT2D eigenvalue weighted by Crippen LogP contribution is 2.39. The van der Waals surface area contributed by atoms with Gasteiger partial charge in [-0.2, -0.15) is 0 Å². The van der Waals surface area contributed by atoms with Gasteiger partial charge in [-0.25, -0.2) is 0 Å². The van der Waals surface area contributed by atoms with Crippen LogP contribution < -0.4 is 5.32 Å². The van der Waals surface area contributed by atoms with Crippen LogP contribution in [0.3, 0.4) is 0 Å². The Bertz CT molecular complexity index is 1170. The molecule has 3 N–H and O–H groups in total. The molecule has 0 radical (unpaired) electrons. The number of hydrogen-bond acceptors (Lipinski definition) is 6. The Morgan fingerprint density at radius 1 is 0.946 bits per heavy atom. The molecule has 7 nitrogen and oxygen atoms in total. The number of hydrogen-bond donors (Lipinski definition) is 3. The smallest absolute Gasteiger partial charge is 0.255 e. The lowest BCUT2D eigenvalue weighted by molar-refractivity contribution is -0.253. The molecule has 194 valence electrons. The highest BCUT2D eigenvalue weighted by Gasteiger charge is 2.35. The molecule has 0 spiro atoms. The summed E-state index contributed by atoms with van der Waals surface area (Å²) in [6, 6.07) is 24.7. The standard InChI is InChI=1S/C30H34N2O5/c33-19-21-11-13-22(14-12-21)28-17-27(18-32-15-5-10-26(32)20-34)36-30(37-28)24-8-4-9-25(16-24)31-29(35)23-6-2-1-3-7-23/h1-4,6-9,11-14,16,26-28,30,33-34H,5,10,15,17-20H2,(H,31,35)/t26-,27+,28-,30-/m0/s1. The van der Waals surface area contributed by atoms with Crippen molar-refractivity contribution in [3.8, 4) is 0 Å². The van der Waals surface area contributed by atoms with Crippen LogP contribution in [0, 0.1) is 0 Å². The molecule has 0 aliphatic carbocycles. The number of aliphatic hydroxyl groups excluding tert-OH is 2. The van der Waals surface area contributed by atoms with Crippen LogP contribution in [0.15, 0.2) is 78.9 Å². The van der Waals surface area contributed by atoms with Crippen LogP contribution in [0.1, 0.15) is 58.7 Å². The van der Waals surface area contributed by atoms with Gasteiger partial charge < -0.3 is 25.0 Å². The molecule has 37 heavy (non-hydrogen) atoms. The van der Waals surface area contributed by atoms with Gasteiger partial charge in [-0.3, -0.25) is 9.69 Å². The molecule has 3 aromatic carbocycles. The highest BCUT2D eigenvalue weighted by atomic mass is 16.7. The molecule has 2 fully saturated rings. The number of carbonyl (C=O) groups is 1. The van der Waals surface area contributed by atoms with E-state index in [1.165, 1.54) is 0 Å². The van der Waals surface area contributed by atoms with E-state index in [0.29, 0.717) is 17.7 Å². The second-order valence-electron chi connectivity index (χ2n) is 9.77. The van der Waals surface area contributed by atoms with E-state index in [0.717, 1.165) is 42.6 Å². The predicted octanol–water partition coefficient (Wildman–Crippen LogP) is 4.43. The van der Waals surface area contributed by atoms with Crippen LogP contribution in [0.4, 0.5) is 5.69 Å². The first-order chi connectivity index (χ1) is 18.1. The summed E-state index contributed by atoms with van der Waals surface area (Å²) in [5.41, 5.74) is 3.98. The van der Waals surface area contributed by atoms with Gasteiger partial charge in [0.2, 0.25) is 0 Å². The number of nitrogens with one attached hydrogen (secondary N) is 1. The monoisotopic (exact) mass is 502 g/mol. The molecule has 0 unspecified atom stereocenters. The largest absolute Gasteiger partial charge is 0.395 e. The van der Waals surface area contributed by atoms with Crippen molar-refractivity contribution >= 4 is 11.6 Å². The van der Waals surface area contributed by atoms with Gasteiger partial charge >= 0.3 is 0 Å². The molecule has 4 atom stereocenters. The minimum Gasteiger partial charge on any atom is -0.395 e. The molecule has 7 heteroatoms. The van der Waals surface area contributed by atoms with E-state index in [4.69, 9.17) is 9.47 Å². The zero-order valence-corrected chi connectivity index (χ0v) is 20.8. The SMILES string of the molecule is O=C(Nc1cccc([C@H]2O[C@@H](CN3CCC[C@H]3CO)C[C@@H](c3ccc(CO)cc3)O2)c1)c1ccccc1. The van der Waals surface area contributed by atoms with Crippen LogP contribution in [-0.4, -0.2) is 52.9 Å². The average molecular weight is 503 g/mol. The number of ether oxygens (including phenoxy) is 2. The summed E-state index contributed by atoms with van der Waals surface area (Å²) in [6.07, 6.45) is 1.88. The predicted molar refractivity (Wildman–Crippen MR) is 141 cm³/mol. The number of benzene rings is 3. The van der Waals surface area contributed by atoms with E-state index in [9.17, 15) is 15.0 Å². The normalized spacial score (nSPS) is 24.2. The van der Waals surface area contributed by atoms with Crippen LogP contribution in [0.25, 0.3) is 0 Å². The van der Waals surface area contributed by atoms with Crippen LogP contribution in [0.5, 0.6) is 0 Å². The summed E-state index contributed by atoms with van der Waals surface area (Å²) in [5, 5.41) is 22.2. The first-order valence-electron chi connectivity index (χ1n) is 12.9. The van der Waals surface area contributed by atoms with Crippen molar-refractivity contribution in [3.63, 3.8) is 0 Å². The third-order valence-corrected chi connectivity index (χ3v) is 7.22. The first-order valence-corrected chi connectivity index (χ1v) is 12.9. The molecular weight excluding hydrogens is 468 g/mol. The van der Waals surface area contributed by atoms with Gasteiger partial charge in [-0.05, 0) is 54.8 Å². The number of nitrogens with zero attached hydrogens (tertiary/aromatic N) is 1. The lowest BCUT2D eigenvalue weighted by Gasteiger charge is -2.38. The molecule has 2 heterocycles. The van der Waals surface area contributed by atoms with Crippen LogP contribution in [0.2, 0.25) is 0 Å². The summed E-state index contributed by atoms with van der Waals surface area (Å²) in [7, 11) is 0. The Hall–Kier alpha value is -3.07. The van der Waals surface area contributed by atoms with Gasteiger partial charge in [0.1, 0.15) is 0 Å². The first kappa shape index (κ1) is 25.6.